The van der Waals surface area contributed by atoms with Crippen LogP contribution >= 0.6 is 0 Å². The summed E-state index contributed by atoms with van der Waals surface area (Å²) in [6.45, 7) is 5.89. The van der Waals surface area contributed by atoms with Gasteiger partial charge in [0.25, 0.3) is 5.56 Å². The van der Waals surface area contributed by atoms with Crippen LogP contribution in [-0.2, 0) is 7.05 Å². The highest BCUT2D eigenvalue weighted by atomic mass is 16.3. The maximum Gasteiger partial charge on any atom is 0.293 e. The van der Waals surface area contributed by atoms with Gasteiger partial charge in [-0.15, -0.1) is 0 Å². The summed E-state index contributed by atoms with van der Waals surface area (Å²) in [6.07, 6.45) is 7.29. The van der Waals surface area contributed by atoms with Gasteiger partial charge in [0.05, 0.1) is 6.10 Å². The summed E-state index contributed by atoms with van der Waals surface area (Å²) in [5.74, 6) is 1.38. The van der Waals surface area contributed by atoms with E-state index in [1.54, 1.807) is 31.1 Å². The average Bonchev–Trinajstić information content (AvgIpc) is 2.68. The van der Waals surface area contributed by atoms with Crippen molar-refractivity contribution in [3.8, 4) is 0 Å². The largest absolute Gasteiger partial charge is 0.392 e. The number of hydrogen-bond donors (Lipinski definition) is 2. The number of nitrogens with one attached hydrogen (secondary N) is 1. The number of aromatic nitrogens is 2. The van der Waals surface area contributed by atoms with Gasteiger partial charge in [-0.2, -0.15) is 0 Å². The van der Waals surface area contributed by atoms with Crippen molar-refractivity contribution in [2.24, 2.45) is 17.5 Å². The fraction of sp³-hybridized carbons (Fsp3) is 0.737. The van der Waals surface area contributed by atoms with Crippen molar-refractivity contribution in [3.63, 3.8) is 0 Å². The minimum Gasteiger partial charge on any atom is -0.392 e. The molecule has 150 valence electrons. The minimum absolute atomic E-state index is 0.0623. The highest BCUT2D eigenvalue weighted by Gasteiger charge is 2.35. The highest BCUT2D eigenvalue weighted by Crippen LogP contribution is 2.35. The number of aliphatic hydroxyl groups excluding tert-OH is 1. The van der Waals surface area contributed by atoms with Crippen LogP contribution in [0.15, 0.2) is 22.2 Å². The van der Waals surface area contributed by atoms with E-state index in [4.69, 9.17) is 0 Å². The van der Waals surface area contributed by atoms with Crippen molar-refractivity contribution in [3.05, 3.63) is 22.7 Å². The van der Waals surface area contributed by atoms with Crippen LogP contribution in [0.2, 0.25) is 0 Å². The van der Waals surface area contributed by atoms with E-state index in [1.807, 2.05) is 4.90 Å². The van der Waals surface area contributed by atoms with Gasteiger partial charge in [0.2, 0.25) is 0 Å². The van der Waals surface area contributed by atoms with Crippen LogP contribution in [0.4, 0.5) is 5.82 Å². The van der Waals surface area contributed by atoms with E-state index in [9.17, 15) is 9.90 Å². The van der Waals surface area contributed by atoms with E-state index in [0.29, 0.717) is 5.82 Å². The first-order valence-corrected chi connectivity index (χ1v) is 9.85. The molecule has 8 heteroatoms. The Morgan fingerprint density at radius 1 is 1.37 bits per heavy atom. The Hall–Kier alpha value is -2.09. The first kappa shape index (κ1) is 19.7. The van der Waals surface area contributed by atoms with Crippen LogP contribution in [0.25, 0.3) is 0 Å². The van der Waals surface area contributed by atoms with Gasteiger partial charge in [0.15, 0.2) is 11.8 Å². The molecule has 2 unspecified atom stereocenters. The minimum atomic E-state index is -0.255. The topological polar surface area (TPSA) is 86.0 Å². The lowest BCUT2D eigenvalue weighted by Crippen LogP contribution is -2.55. The number of guanidine groups is 1. The van der Waals surface area contributed by atoms with E-state index in [-0.39, 0.29) is 17.1 Å². The first-order chi connectivity index (χ1) is 12.9. The zero-order valence-corrected chi connectivity index (χ0v) is 16.7. The number of nitrogens with zero attached hydrogens (tertiary/aromatic N) is 5. The molecule has 0 aromatic carbocycles. The number of aryl methyl sites for hydroxylation is 1. The number of hydrogen-bond acceptors (Lipinski definition) is 5. The molecule has 2 aliphatic rings. The van der Waals surface area contributed by atoms with Crippen LogP contribution in [0.5, 0.6) is 0 Å². The molecule has 3 rings (SSSR count). The molecular weight excluding hydrogens is 344 g/mol. The molecular formula is C19H32N6O2. The molecule has 2 N–H and O–H groups in total. The molecule has 2 heterocycles. The Bertz CT molecular complexity index is 725. The van der Waals surface area contributed by atoms with Gasteiger partial charge < -0.3 is 24.8 Å². The summed E-state index contributed by atoms with van der Waals surface area (Å²) < 4.78 is 1.56. The van der Waals surface area contributed by atoms with E-state index in [2.05, 4.69) is 27.1 Å². The fourth-order valence-corrected chi connectivity index (χ4v) is 4.03. The second-order valence-electron chi connectivity index (χ2n) is 7.96. The summed E-state index contributed by atoms with van der Waals surface area (Å²) >= 11 is 0. The summed E-state index contributed by atoms with van der Waals surface area (Å²) in [4.78, 5) is 25.2. The fourth-order valence-electron chi connectivity index (χ4n) is 4.03. The van der Waals surface area contributed by atoms with E-state index in [0.717, 1.165) is 57.9 Å². The zero-order chi connectivity index (χ0) is 19.4. The van der Waals surface area contributed by atoms with E-state index < -0.39 is 0 Å². The lowest BCUT2D eigenvalue weighted by Gasteiger charge is -2.41. The van der Waals surface area contributed by atoms with Crippen molar-refractivity contribution >= 4 is 11.8 Å². The second-order valence-corrected chi connectivity index (χ2v) is 7.96. The SMILES string of the molecule is CN=C(NCC1(C)CCCCC1O)N1CCN(c2nccn(C)c2=O)CC1. The van der Waals surface area contributed by atoms with Crippen molar-refractivity contribution in [1.82, 2.24) is 19.8 Å². The molecule has 1 aromatic heterocycles. The number of piperazine rings is 1. The summed E-state index contributed by atoms with van der Waals surface area (Å²) in [5.41, 5.74) is -0.163. The van der Waals surface area contributed by atoms with Gasteiger partial charge >= 0.3 is 0 Å². The van der Waals surface area contributed by atoms with Crippen LogP contribution in [0.1, 0.15) is 32.6 Å². The van der Waals surface area contributed by atoms with Crippen molar-refractivity contribution < 1.29 is 5.11 Å². The molecule has 0 spiro atoms. The molecule has 0 bridgehead atoms. The van der Waals surface area contributed by atoms with E-state index >= 15 is 0 Å². The number of aliphatic hydroxyl groups is 1. The molecule has 0 radical (unpaired) electrons. The summed E-state index contributed by atoms with van der Waals surface area (Å²) in [5, 5.41) is 13.9. The van der Waals surface area contributed by atoms with Crippen LogP contribution in [0.3, 0.4) is 0 Å². The Morgan fingerprint density at radius 3 is 2.78 bits per heavy atom. The molecule has 2 atom stereocenters. The lowest BCUT2D eigenvalue weighted by molar-refractivity contribution is 0.00364. The predicted molar refractivity (Wildman–Crippen MR) is 107 cm³/mol. The molecule has 0 amide bonds. The molecule has 2 fully saturated rings. The van der Waals surface area contributed by atoms with Gasteiger partial charge in [-0.05, 0) is 12.8 Å². The lowest BCUT2D eigenvalue weighted by atomic mass is 9.73. The third kappa shape index (κ3) is 4.26. The Morgan fingerprint density at radius 2 is 2.11 bits per heavy atom. The summed E-state index contributed by atoms with van der Waals surface area (Å²) in [6, 6.07) is 0. The van der Waals surface area contributed by atoms with Gasteiger partial charge in [-0.25, -0.2) is 4.98 Å². The smallest absolute Gasteiger partial charge is 0.293 e. The van der Waals surface area contributed by atoms with Gasteiger partial charge in [-0.3, -0.25) is 9.79 Å². The maximum absolute atomic E-state index is 12.3. The normalized spacial score (nSPS) is 27.0. The quantitative estimate of drug-likeness (QED) is 0.587. The molecule has 1 aliphatic carbocycles. The number of rotatable bonds is 3. The molecule has 8 nitrogen and oxygen atoms in total. The predicted octanol–water partition coefficient (Wildman–Crippen LogP) is 0.419. The number of aliphatic imine (C=N–C) groups is 1. The number of anilines is 1. The molecule has 1 saturated carbocycles. The Balaban J connectivity index is 1.57. The van der Waals surface area contributed by atoms with Crippen LogP contribution in [0, 0.1) is 5.41 Å². The molecule has 1 saturated heterocycles. The van der Waals surface area contributed by atoms with Crippen LogP contribution < -0.4 is 15.8 Å². The Labute approximate surface area is 160 Å². The molecule has 1 aliphatic heterocycles. The van der Waals surface area contributed by atoms with E-state index in [1.165, 1.54) is 6.42 Å². The zero-order valence-electron chi connectivity index (χ0n) is 16.7. The van der Waals surface area contributed by atoms with Crippen LogP contribution in [-0.4, -0.2) is 71.4 Å². The van der Waals surface area contributed by atoms with Gasteiger partial charge in [0, 0.05) is 64.6 Å². The average molecular weight is 377 g/mol. The summed E-state index contributed by atoms with van der Waals surface area (Å²) in [7, 11) is 3.54. The molecule has 1 aromatic rings. The van der Waals surface area contributed by atoms with Crippen molar-refractivity contribution in [2.75, 3.05) is 44.7 Å². The Kier molecular flexibility index (Phi) is 6.04. The second kappa shape index (κ2) is 8.29. The monoisotopic (exact) mass is 376 g/mol. The third-order valence-electron chi connectivity index (χ3n) is 6.02. The maximum atomic E-state index is 12.3. The molecule has 27 heavy (non-hydrogen) atoms. The van der Waals surface area contributed by atoms with Crippen molar-refractivity contribution in [1.29, 1.82) is 0 Å². The standard InChI is InChI=1S/C19H32N6O2/c1-19(7-5-4-6-15(19)26)14-22-18(20-2)25-12-10-24(11-13-25)16-17(27)23(3)9-8-21-16/h8-9,15,26H,4-7,10-14H2,1-3H3,(H,20,22). The van der Waals surface area contributed by atoms with Gasteiger partial charge in [-0.1, -0.05) is 19.8 Å². The third-order valence-corrected chi connectivity index (χ3v) is 6.02. The highest BCUT2D eigenvalue weighted by molar-refractivity contribution is 5.80. The van der Waals surface area contributed by atoms with Crippen molar-refractivity contribution in [2.45, 2.75) is 38.7 Å². The van der Waals surface area contributed by atoms with Gasteiger partial charge in [0.1, 0.15) is 0 Å². The first-order valence-electron chi connectivity index (χ1n) is 9.85.